The van der Waals surface area contributed by atoms with Crippen molar-refractivity contribution in [3.05, 3.63) is 71.4 Å². The Morgan fingerprint density at radius 1 is 0.897 bits per heavy atom. The number of aliphatic hydroxyl groups is 4. The van der Waals surface area contributed by atoms with E-state index < -0.39 is 37.3 Å². The van der Waals surface area contributed by atoms with Crippen LogP contribution in [0.5, 0.6) is 0 Å². The monoisotopic (exact) mass is 397 g/mol. The maximum atomic E-state index is 10.6. The molecular weight excluding hydrogens is 370 g/mol. The summed E-state index contributed by atoms with van der Waals surface area (Å²) in [6.07, 6.45) is -2.31. The van der Waals surface area contributed by atoms with E-state index in [2.05, 4.69) is 31.2 Å². The lowest BCUT2D eigenvalue weighted by Gasteiger charge is -2.40. The van der Waals surface area contributed by atoms with Crippen LogP contribution in [-0.2, 0) is 17.6 Å². The number of ether oxygens (including phenoxy) is 1. The van der Waals surface area contributed by atoms with Gasteiger partial charge in [-0.05, 0) is 35.6 Å². The third-order valence-electron chi connectivity index (χ3n) is 5.79. The molecule has 0 radical (unpaired) electrons. The van der Waals surface area contributed by atoms with Crippen molar-refractivity contribution >= 4 is 10.9 Å². The average molecular weight is 397 g/mol. The summed E-state index contributed by atoms with van der Waals surface area (Å²) in [4.78, 5) is 0. The van der Waals surface area contributed by atoms with Crippen LogP contribution in [0.2, 0.25) is 0 Å². The third kappa shape index (κ3) is 3.70. The lowest BCUT2D eigenvalue weighted by Crippen LogP contribution is -2.56. The van der Waals surface area contributed by atoms with Gasteiger partial charge in [-0.25, -0.2) is 0 Å². The second-order valence-electron chi connectivity index (χ2n) is 7.65. The Morgan fingerprint density at radius 2 is 1.59 bits per heavy atom. The number of aryl methyl sites for hydroxylation is 1. The molecule has 5 atom stereocenters. The molecular formula is C23H27NO5. The molecule has 0 amide bonds. The number of aromatic nitrogens is 1. The zero-order valence-corrected chi connectivity index (χ0v) is 16.3. The van der Waals surface area contributed by atoms with Crippen LogP contribution < -0.4 is 0 Å². The standard InChI is InChI=1S/C23H27NO5/c1-2-14-7-9-15(10-8-14)11-16-12-24(18-6-4-3-5-17(16)18)23-22(28)21(27)20(26)19(13-25)29-23/h3-10,12,19-23,25-28H,2,11,13H2,1H3/t19-,20-,21+,22-,23+/m1/s1. The topological polar surface area (TPSA) is 95.1 Å². The maximum absolute atomic E-state index is 10.6. The van der Waals surface area contributed by atoms with Gasteiger partial charge in [0, 0.05) is 11.6 Å². The van der Waals surface area contributed by atoms with Gasteiger partial charge in [0.25, 0.3) is 0 Å². The van der Waals surface area contributed by atoms with Crippen molar-refractivity contribution in [3.63, 3.8) is 0 Å². The number of nitrogens with zero attached hydrogens (tertiary/aromatic N) is 1. The van der Waals surface area contributed by atoms with Gasteiger partial charge in [0.2, 0.25) is 0 Å². The number of hydrogen-bond donors (Lipinski definition) is 4. The normalized spacial score (nSPS) is 27.4. The van der Waals surface area contributed by atoms with E-state index in [1.807, 2.05) is 30.5 Å². The number of rotatable bonds is 5. The summed E-state index contributed by atoms with van der Waals surface area (Å²) < 4.78 is 7.56. The van der Waals surface area contributed by atoms with Gasteiger partial charge in [-0.15, -0.1) is 0 Å². The van der Waals surface area contributed by atoms with E-state index in [4.69, 9.17) is 4.74 Å². The highest BCUT2D eigenvalue weighted by Gasteiger charge is 2.44. The van der Waals surface area contributed by atoms with Crippen molar-refractivity contribution in [2.75, 3.05) is 6.61 Å². The smallest absolute Gasteiger partial charge is 0.163 e. The van der Waals surface area contributed by atoms with E-state index in [1.54, 1.807) is 4.57 Å². The van der Waals surface area contributed by atoms with Gasteiger partial charge in [0.05, 0.1) is 12.1 Å². The minimum atomic E-state index is -1.41. The molecule has 1 saturated heterocycles. The van der Waals surface area contributed by atoms with Crippen molar-refractivity contribution in [2.24, 2.45) is 0 Å². The van der Waals surface area contributed by atoms with Crippen LogP contribution in [0.25, 0.3) is 10.9 Å². The first kappa shape index (κ1) is 20.1. The second kappa shape index (κ2) is 8.26. The van der Waals surface area contributed by atoms with E-state index in [0.717, 1.165) is 29.3 Å². The SMILES string of the molecule is CCc1ccc(Cc2cn([C@H]3O[C@H](CO)[C@@H](O)[C@H](O)[C@H]3O)c3ccccc23)cc1. The van der Waals surface area contributed by atoms with Crippen LogP contribution >= 0.6 is 0 Å². The Hall–Kier alpha value is -2.22. The number of fused-ring (bicyclic) bond motifs is 1. The molecule has 0 aliphatic carbocycles. The summed E-state index contributed by atoms with van der Waals surface area (Å²) in [5.74, 6) is 0. The number of para-hydroxylation sites is 1. The molecule has 4 rings (SSSR count). The Balaban J connectivity index is 1.72. The van der Waals surface area contributed by atoms with Crippen LogP contribution in [0.4, 0.5) is 0 Å². The maximum Gasteiger partial charge on any atom is 0.163 e. The summed E-state index contributed by atoms with van der Waals surface area (Å²) in [5, 5.41) is 41.3. The molecule has 6 heteroatoms. The Kier molecular flexibility index (Phi) is 5.72. The van der Waals surface area contributed by atoms with Crippen molar-refractivity contribution < 1.29 is 25.2 Å². The van der Waals surface area contributed by atoms with E-state index in [9.17, 15) is 20.4 Å². The molecule has 1 aromatic heterocycles. The van der Waals surface area contributed by atoms with Gasteiger partial charge in [0.15, 0.2) is 6.23 Å². The lowest BCUT2D eigenvalue weighted by molar-refractivity contribution is -0.250. The number of benzene rings is 2. The number of hydrogen-bond acceptors (Lipinski definition) is 5. The van der Waals surface area contributed by atoms with E-state index in [1.165, 1.54) is 11.1 Å². The molecule has 0 unspecified atom stereocenters. The highest BCUT2D eigenvalue weighted by atomic mass is 16.6. The molecule has 6 nitrogen and oxygen atoms in total. The highest BCUT2D eigenvalue weighted by Crippen LogP contribution is 2.33. The first-order valence-corrected chi connectivity index (χ1v) is 10.00. The Labute approximate surface area is 169 Å². The van der Waals surface area contributed by atoms with Gasteiger partial charge in [-0.3, -0.25) is 0 Å². The molecule has 1 fully saturated rings. The third-order valence-corrected chi connectivity index (χ3v) is 5.79. The fourth-order valence-electron chi connectivity index (χ4n) is 4.05. The van der Waals surface area contributed by atoms with Gasteiger partial charge in [0.1, 0.15) is 24.4 Å². The molecule has 2 aromatic carbocycles. The molecule has 1 aliphatic heterocycles. The fourth-order valence-corrected chi connectivity index (χ4v) is 4.05. The van der Waals surface area contributed by atoms with Gasteiger partial charge >= 0.3 is 0 Å². The largest absolute Gasteiger partial charge is 0.394 e. The van der Waals surface area contributed by atoms with Gasteiger partial charge in [-0.1, -0.05) is 49.4 Å². The Morgan fingerprint density at radius 3 is 2.28 bits per heavy atom. The molecule has 4 N–H and O–H groups in total. The lowest BCUT2D eigenvalue weighted by atomic mass is 9.98. The molecule has 0 spiro atoms. The van der Waals surface area contributed by atoms with Crippen molar-refractivity contribution in [1.29, 1.82) is 0 Å². The zero-order valence-electron chi connectivity index (χ0n) is 16.3. The van der Waals surface area contributed by atoms with Crippen LogP contribution in [0.3, 0.4) is 0 Å². The van der Waals surface area contributed by atoms with Gasteiger partial charge < -0.3 is 29.7 Å². The van der Waals surface area contributed by atoms with Crippen LogP contribution in [0, 0.1) is 0 Å². The summed E-state index contributed by atoms with van der Waals surface area (Å²) in [6, 6.07) is 16.3. The molecule has 0 saturated carbocycles. The molecule has 1 aliphatic rings. The molecule has 0 bridgehead atoms. The molecule has 29 heavy (non-hydrogen) atoms. The molecule has 2 heterocycles. The van der Waals surface area contributed by atoms with Gasteiger partial charge in [-0.2, -0.15) is 0 Å². The first-order chi connectivity index (χ1) is 14.0. The first-order valence-electron chi connectivity index (χ1n) is 10.00. The van der Waals surface area contributed by atoms with Crippen LogP contribution in [-0.4, -0.2) is 56.0 Å². The highest BCUT2D eigenvalue weighted by molar-refractivity contribution is 5.84. The second-order valence-corrected chi connectivity index (χ2v) is 7.65. The minimum absolute atomic E-state index is 0.447. The van der Waals surface area contributed by atoms with Crippen molar-refractivity contribution in [2.45, 2.75) is 50.4 Å². The number of aliphatic hydroxyl groups excluding tert-OH is 4. The van der Waals surface area contributed by atoms with Crippen LogP contribution in [0.1, 0.15) is 29.8 Å². The van der Waals surface area contributed by atoms with Crippen molar-refractivity contribution in [1.82, 2.24) is 4.57 Å². The zero-order chi connectivity index (χ0) is 20.5. The van der Waals surface area contributed by atoms with E-state index in [-0.39, 0.29) is 0 Å². The summed E-state index contributed by atoms with van der Waals surface area (Å²) >= 11 is 0. The quantitative estimate of drug-likeness (QED) is 0.526. The minimum Gasteiger partial charge on any atom is -0.394 e. The average Bonchev–Trinajstić information content (AvgIpc) is 3.11. The predicted octanol–water partition coefficient (Wildman–Crippen LogP) is 1.77. The summed E-state index contributed by atoms with van der Waals surface area (Å²) in [6.45, 7) is 1.68. The molecule has 3 aromatic rings. The van der Waals surface area contributed by atoms with Crippen LogP contribution in [0.15, 0.2) is 54.7 Å². The van der Waals surface area contributed by atoms with E-state index >= 15 is 0 Å². The Bertz CT molecular complexity index is 965. The summed E-state index contributed by atoms with van der Waals surface area (Å²) in [5.41, 5.74) is 4.40. The summed E-state index contributed by atoms with van der Waals surface area (Å²) in [7, 11) is 0. The fraction of sp³-hybridized carbons (Fsp3) is 0.391. The van der Waals surface area contributed by atoms with E-state index in [0.29, 0.717) is 0 Å². The molecule has 154 valence electrons. The van der Waals surface area contributed by atoms with Crippen molar-refractivity contribution in [3.8, 4) is 0 Å². The predicted molar refractivity (Wildman–Crippen MR) is 110 cm³/mol.